The first-order valence-corrected chi connectivity index (χ1v) is 6.80. The Balaban J connectivity index is 2.21. The second kappa shape index (κ2) is 4.52. The van der Waals surface area contributed by atoms with Gasteiger partial charge in [0.1, 0.15) is 0 Å². The summed E-state index contributed by atoms with van der Waals surface area (Å²) in [7, 11) is 0. The molecule has 3 aromatic rings. The molecule has 1 N–H and O–H groups in total. The van der Waals surface area contributed by atoms with Gasteiger partial charge in [0.2, 0.25) is 0 Å². The monoisotopic (exact) mass is 268 g/mol. The fourth-order valence-corrected chi connectivity index (χ4v) is 3.39. The van der Waals surface area contributed by atoms with Crippen LogP contribution in [0.2, 0.25) is 0 Å². The maximum atomic E-state index is 11.2. The lowest BCUT2D eigenvalue weighted by molar-refractivity contribution is 0.0696. The van der Waals surface area contributed by atoms with Crippen LogP contribution < -0.4 is 0 Å². The first-order valence-electron chi connectivity index (χ1n) is 5.98. The molecule has 94 valence electrons. The fraction of sp³-hybridized carbons (Fsp3) is 0.0625. The van der Waals surface area contributed by atoms with Gasteiger partial charge in [0, 0.05) is 9.58 Å². The smallest absolute Gasteiger partial charge is 0.335 e. The molecular formula is C16H12O2S. The van der Waals surface area contributed by atoms with Gasteiger partial charge in [-0.25, -0.2) is 4.79 Å². The van der Waals surface area contributed by atoms with Crippen molar-refractivity contribution in [2.75, 3.05) is 0 Å². The number of fused-ring (bicyclic) bond motifs is 1. The molecule has 0 spiro atoms. The SMILES string of the molecule is Cc1c(C(=O)O)cccc1-c1cc2ccccc2s1. The first-order chi connectivity index (χ1) is 9.16. The third kappa shape index (κ3) is 2.02. The highest BCUT2D eigenvalue weighted by molar-refractivity contribution is 7.22. The Bertz CT molecular complexity index is 738. The van der Waals surface area contributed by atoms with Crippen LogP contribution in [-0.2, 0) is 0 Å². The highest BCUT2D eigenvalue weighted by Crippen LogP contribution is 2.35. The van der Waals surface area contributed by atoms with Crippen molar-refractivity contribution in [2.24, 2.45) is 0 Å². The Labute approximate surface area is 114 Å². The van der Waals surface area contributed by atoms with Crippen molar-refractivity contribution >= 4 is 27.4 Å². The van der Waals surface area contributed by atoms with E-state index in [2.05, 4.69) is 18.2 Å². The van der Waals surface area contributed by atoms with Crippen LogP contribution in [0.3, 0.4) is 0 Å². The third-order valence-electron chi connectivity index (χ3n) is 3.26. The molecule has 19 heavy (non-hydrogen) atoms. The van der Waals surface area contributed by atoms with E-state index in [1.54, 1.807) is 23.5 Å². The lowest BCUT2D eigenvalue weighted by Crippen LogP contribution is -2.00. The van der Waals surface area contributed by atoms with Gasteiger partial charge in [0.05, 0.1) is 5.56 Å². The van der Waals surface area contributed by atoms with Gasteiger partial charge in [-0.15, -0.1) is 11.3 Å². The Morgan fingerprint density at radius 3 is 2.63 bits per heavy atom. The number of hydrogen-bond donors (Lipinski definition) is 1. The van der Waals surface area contributed by atoms with Crippen LogP contribution in [0.4, 0.5) is 0 Å². The summed E-state index contributed by atoms with van der Waals surface area (Å²) in [6, 6.07) is 15.7. The number of carbonyl (C=O) groups is 1. The lowest BCUT2D eigenvalue weighted by Gasteiger charge is -2.06. The predicted octanol–water partition coefficient (Wildman–Crippen LogP) is 4.57. The molecule has 1 heterocycles. The molecule has 3 heteroatoms. The molecule has 3 rings (SSSR count). The molecule has 0 aliphatic rings. The van der Waals surface area contributed by atoms with Gasteiger partial charge in [0.15, 0.2) is 0 Å². The molecule has 1 aromatic heterocycles. The summed E-state index contributed by atoms with van der Waals surface area (Å²) in [5.74, 6) is -0.875. The average molecular weight is 268 g/mol. The minimum Gasteiger partial charge on any atom is -0.478 e. The van der Waals surface area contributed by atoms with Gasteiger partial charge in [-0.1, -0.05) is 30.3 Å². The van der Waals surface area contributed by atoms with Crippen molar-refractivity contribution in [1.29, 1.82) is 0 Å². The van der Waals surface area contributed by atoms with Crippen molar-refractivity contribution < 1.29 is 9.90 Å². The number of benzene rings is 2. The molecule has 0 aliphatic carbocycles. The lowest BCUT2D eigenvalue weighted by atomic mass is 10.0. The zero-order chi connectivity index (χ0) is 13.4. The molecule has 2 nitrogen and oxygen atoms in total. The van der Waals surface area contributed by atoms with Crippen LogP contribution in [0.25, 0.3) is 20.5 Å². The summed E-state index contributed by atoms with van der Waals surface area (Å²) in [5.41, 5.74) is 2.19. The third-order valence-corrected chi connectivity index (χ3v) is 4.40. The summed E-state index contributed by atoms with van der Waals surface area (Å²) >= 11 is 1.69. The van der Waals surface area contributed by atoms with E-state index in [0.29, 0.717) is 5.56 Å². The number of aromatic carboxylic acids is 1. The second-order valence-corrected chi connectivity index (χ2v) is 5.52. The molecule has 0 unspecified atom stereocenters. The van der Waals surface area contributed by atoms with E-state index >= 15 is 0 Å². The van der Waals surface area contributed by atoms with E-state index in [4.69, 9.17) is 0 Å². The van der Waals surface area contributed by atoms with Crippen LogP contribution in [0.1, 0.15) is 15.9 Å². The molecule has 0 saturated carbocycles. The molecule has 0 bridgehead atoms. The minimum absolute atomic E-state index is 0.370. The van der Waals surface area contributed by atoms with E-state index in [1.165, 1.54) is 10.1 Å². The summed E-state index contributed by atoms with van der Waals surface area (Å²) in [4.78, 5) is 12.3. The van der Waals surface area contributed by atoms with Gasteiger partial charge < -0.3 is 5.11 Å². The zero-order valence-electron chi connectivity index (χ0n) is 10.4. The predicted molar refractivity (Wildman–Crippen MR) is 79.0 cm³/mol. The molecule has 0 saturated heterocycles. The van der Waals surface area contributed by atoms with Crippen molar-refractivity contribution in [3.8, 4) is 10.4 Å². The van der Waals surface area contributed by atoms with Gasteiger partial charge in [-0.05, 0) is 41.6 Å². The van der Waals surface area contributed by atoms with Crippen LogP contribution in [0, 0.1) is 6.92 Å². The van der Waals surface area contributed by atoms with Crippen molar-refractivity contribution in [2.45, 2.75) is 6.92 Å². The largest absolute Gasteiger partial charge is 0.478 e. The maximum absolute atomic E-state index is 11.2. The number of rotatable bonds is 2. The number of thiophene rings is 1. The molecule has 0 aliphatic heterocycles. The summed E-state index contributed by atoms with van der Waals surface area (Å²) in [6.45, 7) is 1.86. The van der Waals surface area contributed by atoms with Crippen LogP contribution >= 0.6 is 11.3 Å². The van der Waals surface area contributed by atoms with Crippen LogP contribution in [0.5, 0.6) is 0 Å². The average Bonchev–Trinajstić information content (AvgIpc) is 2.82. The highest BCUT2D eigenvalue weighted by atomic mass is 32.1. The fourth-order valence-electron chi connectivity index (χ4n) is 2.25. The molecule has 0 amide bonds. The van der Waals surface area contributed by atoms with E-state index < -0.39 is 5.97 Å². The Morgan fingerprint density at radius 1 is 1.11 bits per heavy atom. The van der Waals surface area contributed by atoms with Gasteiger partial charge in [-0.2, -0.15) is 0 Å². The van der Waals surface area contributed by atoms with E-state index in [9.17, 15) is 9.90 Å². The highest BCUT2D eigenvalue weighted by Gasteiger charge is 2.12. The normalized spacial score (nSPS) is 10.8. The van der Waals surface area contributed by atoms with Crippen LogP contribution in [0.15, 0.2) is 48.5 Å². The van der Waals surface area contributed by atoms with Crippen LogP contribution in [-0.4, -0.2) is 11.1 Å². The quantitative estimate of drug-likeness (QED) is 0.739. The Hall–Kier alpha value is -2.13. The van der Waals surface area contributed by atoms with Crippen molar-refractivity contribution in [1.82, 2.24) is 0 Å². The van der Waals surface area contributed by atoms with Gasteiger partial charge in [0.25, 0.3) is 0 Å². The van der Waals surface area contributed by atoms with Gasteiger partial charge in [-0.3, -0.25) is 0 Å². The molecule has 0 radical (unpaired) electrons. The number of carboxylic acids is 1. The summed E-state index contributed by atoms with van der Waals surface area (Å²) in [6.07, 6.45) is 0. The number of carboxylic acid groups (broad SMARTS) is 1. The van der Waals surface area contributed by atoms with Gasteiger partial charge >= 0.3 is 5.97 Å². The maximum Gasteiger partial charge on any atom is 0.335 e. The molecule has 0 atom stereocenters. The Kier molecular flexibility index (Phi) is 2.84. The topological polar surface area (TPSA) is 37.3 Å². The standard InChI is InChI=1S/C16H12O2S/c1-10-12(6-4-7-13(10)16(17)18)15-9-11-5-2-3-8-14(11)19-15/h2-9H,1H3,(H,17,18). The van der Waals surface area contributed by atoms with E-state index in [0.717, 1.165) is 16.0 Å². The van der Waals surface area contributed by atoms with Crippen molar-refractivity contribution in [3.05, 3.63) is 59.7 Å². The first kappa shape index (κ1) is 11.9. The van der Waals surface area contributed by atoms with E-state index in [1.807, 2.05) is 25.1 Å². The Morgan fingerprint density at radius 2 is 1.89 bits per heavy atom. The van der Waals surface area contributed by atoms with E-state index in [-0.39, 0.29) is 0 Å². The van der Waals surface area contributed by atoms with Crippen molar-refractivity contribution in [3.63, 3.8) is 0 Å². The summed E-state index contributed by atoms with van der Waals surface area (Å²) in [5, 5.41) is 10.4. The summed E-state index contributed by atoms with van der Waals surface area (Å²) < 4.78 is 1.22. The zero-order valence-corrected chi connectivity index (χ0v) is 11.2. The number of hydrogen-bond acceptors (Lipinski definition) is 2. The molecule has 0 fully saturated rings. The molecule has 2 aromatic carbocycles. The molecular weight excluding hydrogens is 256 g/mol. The second-order valence-electron chi connectivity index (χ2n) is 4.43. The minimum atomic E-state index is -0.875.